The van der Waals surface area contributed by atoms with E-state index in [1.807, 2.05) is 13.0 Å². The Morgan fingerprint density at radius 1 is 1.61 bits per heavy atom. The molecule has 0 spiro atoms. The molecule has 0 saturated carbocycles. The molecule has 6 nitrogen and oxygen atoms in total. The minimum Gasteiger partial charge on any atom is -0.480 e. The van der Waals surface area contributed by atoms with Gasteiger partial charge in [-0.25, -0.2) is 4.68 Å². The Bertz CT molecular complexity index is 659. The Morgan fingerprint density at radius 3 is 2.94 bits per heavy atom. The molecule has 96 valence electrons. The van der Waals surface area contributed by atoms with E-state index in [9.17, 15) is 9.59 Å². The van der Waals surface area contributed by atoms with Crippen LogP contribution in [0.25, 0.3) is 10.1 Å². The standard InChI is InChI=1S/C11H13N3O3S/c1-3-12-8-4-7-6(2)13-14(5-9(15)16)11(17)10(7)18-8/h4,12H,3,5H2,1-2H3,(H,15,16). The van der Waals surface area contributed by atoms with Gasteiger partial charge in [0.25, 0.3) is 5.56 Å². The number of carboxylic acids is 1. The van der Waals surface area contributed by atoms with Crippen molar-refractivity contribution in [2.45, 2.75) is 20.4 Å². The van der Waals surface area contributed by atoms with Crippen LogP contribution in [0.15, 0.2) is 10.9 Å². The predicted molar refractivity (Wildman–Crippen MR) is 70.4 cm³/mol. The largest absolute Gasteiger partial charge is 0.480 e. The fourth-order valence-electron chi connectivity index (χ4n) is 1.71. The molecule has 2 aromatic rings. The maximum atomic E-state index is 12.1. The molecule has 0 radical (unpaired) electrons. The van der Waals surface area contributed by atoms with Crippen molar-refractivity contribution in [2.75, 3.05) is 11.9 Å². The minimum absolute atomic E-state index is 0.354. The first-order chi connectivity index (χ1) is 8.52. The topological polar surface area (TPSA) is 84.2 Å². The van der Waals surface area contributed by atoms with Crippen molar-refractivity contribution in [3.05, 3.63) is 22.1 Å². The third-order valence-corrected chi connectivity index (χ3v) is 3.54. The van der Waals surface area contributed by atoms with Crippen LogP contribution in [0, 0.1) is 6.92 Å². The molecular weight excluding hydrogens is 254 g/mol. The summed E-state index contributed by atoms with van der Waals surface area (Å²) in [6, 6.07) is 1.87. The maximum Gasteiger partial charge on any atom is 0.325 e. The summed E-state index contributed by atoms with van der Waals surface area (Å²) in [6.07, 6.45) is 0. The van der Waals surface area contributed by atoms with E-state index >= 15 is 0 Å². The van der Waals surface area contributed by atoms with Crippen molar-refractivity contribution in [1.29, 1.82) is 0 Å². The van der Waals surface area contributed by atoms with Gasteiger partial charge >= 0.3 is 5.97 Å². The van der Waals surface area contributed by atoms with Gasteiger partial charge in [-0.3, -0.25) is 9.59 Å². The molecule has 0 amide bonds. The Kier molecular flexibility index (Phi) is 3.33. The first-order valence-corrected chi connectivity index (χ1v) is 6.31. The van der Waals surface area contributed by atoms with Gasteiger partial charge in [0.05, 0.1) is 10.7 Å². The molecule has 0 aliphatic carbocycles. The summed E-state index contributed by atoms with van der Waals surface area (Å²) in [5.74, 6) is -1.08. The zero-order valence-electron chi connectivity index (χ0n) is 10.1. The SMILES string of the molecule is CCNc1cc2c(C)nn(CC(=O)O)c(=O)c2s1. The highest BCUT2D eigenvalue weighted by Gasteiger charge is 2.13. The summed E-state index contributed by atoms with van der Waals surface area (Å²) >= 11 is 1.33. The van der Waals surface area contributed by atoms with E-state index in [1.165, 1.54) is 11.3 Å². The first-order valence-electron chi connectivity index (χ1n) is 5.50. The van der Waals surface area contributed by atoms with E-state index in [4.69, 9.17) is 5.11 Å². The molecule has 0 aliphatic heterocycles. The quantitative estimate of drug-likeness (QED) is 0.871. The normalized spacial score (nSPS) is 10.8. The van der Waals surface area contributed by atoms with Gasteiger partial charge in [0, 0.05) is 11.9 Å². The van der Waals surface area contributed by atoms with Gasteiger partial charge in [-0.2, -0.15) is 5.10 Å². The zero-order valence-corrected chi connectivity index (χ0v) is 10.9. The van der Waals surface area contributed by atoms with E-state index in [1.54, 1.807) is 6.92 Å². The number of hydrogen-bond acceptors (Lipinski definition) is 5. The zero-order chi connectivity index (χ0) is 13.3. The van der Waals surface area contributed by atoms with E-state index in [0.29, 0.717) is 10.4 Å². The summed E-state index contributed by atoms with van der Waals surface area (Å²) in [5, 5.41) is 17.6. The number of rotatable bonds is 4. The van der Waals surface area contributed by atoms with Crippen molar-refractivity contribution in [3.8, 4) is 0 Å². The molecule has 0 saturated heterocycles. The molecule has 0 aliphatic rings. The van der Waals surface area contributed by atoms with E-state index in [2.05, 4.69) is 10.4 Å². The number of nitrogens with one attached hydrogen (secondary N) is 1. The lowest BCUT2D eigenvalue weighted by molar-refractivity contribution is -0.137. The van der Waals surface area contributed by atoms with Gasteiger partial charge in [0.1, 0.15) is 11.2 Å². The first kappa shape index (κ1) is 12.6. The number of nitrogens with zero attached hydrogens (tertiary/aromatic N) is 2. The van der Waals surface area contributed by atoms with Crippen molar-refractivity contribution in [2.24, 2.45) is 0 Å². The number of carbonyl (C=O) groups is 1. The molecule has 0 unspecified atom stereocenters. The Morgan fingerprint density at radius 2 is 2.33 bits per heavy atom. The Labute approximate surface area is 107 Å². The average Bonchev–Trinajstić information content (AvgIpc) is 2.70. The maximum absolute atomic E-state index is 12.1. The van der Waals surface area contributed by atoms with Gasteiger partial charge in [0.15, 0.2) is 0 Å². The summed E-state index contributed by atoms with van der Waals surface area (Å²) in [6.45, 7) is 4.09. The smallest absolute Gasteiger partial charge is 0.325 e. The number of fused-ring (bicyclic) bond motifs is 1. The van der Waals surface area contributed by atoms with Gasteiger partial charge in [-0.15, -0.1) is 11.3 Å². The molecule has 0 atom stereocenters. The fraction of sp³-hybridized carbons (Fsp3) is 0.364. The number of carboxylic acid groups (broad SMARTS) is 1. The molecule has 2 aromatic heterocycles. The number of aliphatic carboxylic acids is 1. The molecule has 2 N–H and O–H groups in total. The van der Waals surface area contributed by atoms with Crippen LogP contribution in [0.2, 0.25) is 0 Å². The van der Waals surface area contributed by atoms with Crippen LogP contribution >= 0.6 is 11.3 Å². The second kappa shape index (κ2) is 4.77. The van der Waals surface area contributed by atoms with Crippen LogP contribution in [0.4, 0.5) is 5.00 Å². The number of aromatic nitrogens is 2. The summed E-state index contributed by atoms with van der Waals surface area (Å²) in [4.78, 5) is 22.7. The lowest BCUT2D eigenvalue weighted by Crippen LogP contribution is -2.26. The van der Waals surface area contributed by atoms with Crippen molar-refractivity contribution < 1.29 is 9.90 Å². The van der Waals surface area contributed by atoms with Crippen LogP contribution in [-0.4, -0.2) is 27.4 Å². The fourth-order valence-corrected chi connectivity index (χ4v) is 2.84. The Balaban J connectivity index is 2.62. The van der Waals surface area contributed by atoms with Crippen molar-refractivity contribution in [1.82, 2.24) is 9.78 Å². The number of thiophene rings is 1. The van der Waals surface area contributed by atoms with Crippen LogP contribution in [0.3, 0.4) is 0 Å². The van der Waals surface area contributed by atoms with Crippen LogP contribution < -0.4 is 10.9 Å². The average molecular weight is 267 g/mol. The third kappa shape index (κ3) is 2.21. The molecule has 18 heavy (non-hydrogen) atoms. The third-order valence-electron chi connectivity index (χ3n) is 2.46. The van der Waals surface area contributed by atoms with Crippen LogP contribution in [-0.2, 0) is 11.3 Å². The van der Waals surface area contributed by atoms with Gasteiger partial charge in [-0.1, -0.05) is 0 Å². The van der Waals surface area contributed by atoms with Crippen molar-refractivity contribution >= 4 is 32.4 Å². The molecular formula is C11H13N3O3S. The van der Waals surface area contributed by atoms with E-state index < -0.39 is 12.5 Å². The van der Waals surface area contributed by atoms with Crippen LogP contribution in [0.5, 0.6) is 0 Å². The monoisotopic (exact) mass is 267 g/mol. The second-order valence-corrected chi connectivity index (χ2v) is 4.88. The predicted octanol–water partition coefficient (Wildman–Crippen LogP) is 1.28. The number of anilines is 1. The van der Waals surface area contributed by atoms with Gasteiger partial charge in [0.2, 0.25) is 0 Å². The molecule has 0 fully saturated rings. The van der Waals surface area contributed by atoms with E-state index in [0.717, 1.165) is 21.6 Å². The van der Waals surface area contributed by atoms with E-state index in [-0.39, 0.29) is 5.56 Å². The second-order valence-electron chi connectivity index (χ2n) is 3.83. The molecule has 0 bridgehead atoms. The Hall–Kier alpha value is -1.89. The molecule has 7 heteroatoms. The molecule has 2 rings (SSSR count). The summed E-state index contributed by atoms with van der Waals surface area (Å²) in [5.41, 5.74) is 0.304. The minimum atomic E-state index is -1.08. The highest BCUT2D eigenvalue weighted by molar-refractivity contribution is 7.22. The van der Waals surface area contributed by atoms with Crippen molar-refractivity contribution in [3.63, 3.8) is 0 Å². The summed E-state index contributed by atoms with van der Waals surface area (Å²) < 4.78 is 1.53. The van der Waals surface area contributed by atoms with Gasteiger partial charge < -0.3 is 10.4 Å². The molecule has 0 aromatic carbocycles. The lowest BCUT2D eigenvalue weighted by atomic mass is 10.3. The van der Waals surface area contributed by atoms with Gasteiger partial charge in [-0.05, 0) is 19.9 Å². The molecule has 2 heterocycles. The van der Waals surface area contributed by atoms with Crippen LogP contribution in [0.1, 0.15) is 12.6 Å². The lowest BCUT2D eigenvalue weighted by Gasteiger charge is -2.02. The summed E-state index contributed by atoms with van der Waals surface area (Å²) in [7, 11) is 0. The number of aryl methyl sites for hydroxylation is 1. The highest BCUT2D eigenvalue weighted by Crippen LogP contribution is 2.28. The number of hydrogen-bond donors (Lipinski definition) is 2. The highest BCUT2D eigenvalue weighted by atomic mass is 32.1.